The maximum atomic E-state index is 13.5. The van der Waals surface area contributed by atoms with E-state index in [-0.39, 0.29) is 31.2 Å². The molecule has 16 heavy (non-hydrogen) atoms. The first-order valence-electron chi connectivity index (χ1n) is 4.96. The Bertz CT molecular complexity index is 424. The van der Waals surface area contributed by atoms with Gasteiger partial charge in [0.25, 0.3) is 0 Å². The zero-order chi connectivity index (χ0) is 11.7. The van der Waals surface area contributed by atoms with Gasteiger partial charge in [0.05, 0.1) is 12.5 Å². The summed E-state index contributed by atoms with van der Waals surface area (Å²) in [5.74, 6) is -0.474. The van der Waals surface area contributed by atoms with Crippen molar-refractivity contribution in [3.63, 3.8) is 0 Å². The molecule has 1 aromatic rings. The Morgan fingerprint density at radius 2 is 2.31 bits per heavy atom. The second kappa shape index (κ2) is 4.51. The normalized spacial score (nSPS) is 20.6. The molecule has 1 N–H and O–H groups in total. The lowest BCUT2D eigenvalue weighted by Gasteiger charge is -2.16. The maximum Gasteiger partial charge on any atom is 0.225 e. The second-order valence-electron chi connectivity index (χ2n) is 3.87. The van der Waals surface area contributed by atoms with Crippen molar-refractivity contribution in [1.82, 2.24) is 4.90 Å². The van der Waals surface area contributed by atoms with Crippen molar-refractivity contribution in [3.05, 3.63) is 34.1 Å². The molecule has 1 saturated heterocycles. The minimum Gasteiger partial charge on any atom is -0.391 e. The Balaban J connectivity index is 2.12. The third-order valence-corrected chi connectivity index (χ3v) is 3.06. The van der Waals surface area contributed by atoms with E-state index >= 15 is 0 Å². The molecule has 1 aliphatic rings. The van der Waals surface area contributed by atoms with Crippen LogP contribution in [0, 0.1) is 5.82 Å². The highest BCUT2D eigenvalue weighted by molar-refractivity contribution is 9.10. The standard InChI is InChI=1S/C11H11BrFNO2/c12-8-2-1-7(10(13)3-8)5-14-6-9(15)4-11(14)16/h1-3,9,15H,4-6H2. The monoisotopic (exact) mass is 287 g/mol. The molecule has 1 fully saturated rings. The number of rotatable bonds is 2. The molecule has 0 aromatic heterocycles. The van der Waals surface area contributed by atoms with E-state index in [4.69, 9.17) is 0 Å². The van der Waals surface area contributed by atoms with Crippen molar-refractivity contribution in [2.24, 2.45) is 0 Å². The number of nitrogens with zero attached hydrogens (tertiary/aromatic N) is 1. The van der Waals surface area contributed by atoms with Gasteiger partial charge in [-0.15, -0.1) is 0 Å². The molecule has 0 aliphatic carbocycles. The highest BCUT2D eigenvalue weighted by atomic mass is 79.9. The molecule has 1 amide bonds. The van der Waals surface area contributed by atoms with Gasteiger partial charge in [-0.1, -0.05) is 22.0 Å². The van der Waals surface area contributed by atoms with Crippen molar-refractivity contribution in [2.45, 2.75) is 19.1 Å². The largest absolute Gasteiger partial charge is 0.391 e. The zero-order valence-corrected chi connectivity index (χ0v) is 10.1. The Morgan fingerprint density at radius 1 is 1.56 bits per heavy atom. The molecule has 1 heterocycles. The second-order valence-corrected chi connectivity index (χ2v) is 4.78. The lowest BCUT2D eigenvalue weighted by molar-refractivity contribution is -0.128. The highest BCUT2D eigenvalue weighted by Gasteiger charge is 2.28. The van der Waals surface area contributed by atoms with Gasteiger partial charge in [0.1, 0.15) is 5.82 Å². The summed E-state index contributed by atoms with van der Waals surface area (Å²) >= 11 is 3.17. The Labute approximate surface area is 101 Å². The van der Waals surface area contributed by atoms with Crippen LogP contribution in [0.2, 0.25) is 0 Å². The van der Waals surface area contributed by atoms with E-state index in [0.29, 0.717) is 10.0 Å². The minimum absolute atomic E-state index is 0.130. The van der Waals surface area contributed by atoms with Crippen LogP contribution in [-0.2, 0) is 11.3 Å². The summed E-state index contributed by atoms with van der Waals surface area (Å²) < 4.78 is 14.2. The van der Waals surface area contributed by atoms with E-state index in [2.05, 4.69) is 15.9 Å². The molecule has 1 aliphatic heterocycles. The van der Waals surface area contributed by atoms with Crippen LogP contribution in [0.1, 0.15) is 12.0 Å². The van der Waals surface area contributed by atoms with Gasteiger partial charge in [0.15, 0.2) is 0 Å². The number of β-amino-alcohol motifs (C(OH)–C–C–N with tert-alkyl or cyclic N) is 1. The average molecular weight is 288 g/mol. The quantitative estimate of drug-likeness (QED) is 0.899. The van der Waals surface area contributed by atoms with Gasteiger partial charge in [-0.2, -0.15) is 0 Å². The van der Waals surface area contributed by atoms with Crippen LogP contribution in [-0.4, -0.2) is 28.6 Å². The molecule has 1 unspecified atom stereocenters. The number of aliphatic hydroxyl groups excluding tert-OH is 1. The van der Waals surface area contributed by atoms with E-state index in [1.807, 2.05) is 0 Å². The smallest absolute Gasteiger partial charge is 0.225 e. The molecule has 0 bridgehead atoms. The van der Waals surface area contributed by atoms with Crippen LogP contribution in [0.5, 0.6) is 0 Å². The van der Waals surface area contributed by atoms with E-state index < -0.39 is 6.10 Å². The molecule has 2 rings (SSSR count). The fourth-order valence-corrected chi connectivity index (χ4v) is 2.09. The molecule has 1 aromatic carbocycles. The minimum atomic E-state index is -0.619. The molecule has 0 radical (unpaired) electrons. The van der Waals surface area contributed by atoms with E-state index in [0.717, 1.165) is 0 Å². The molecule has 86 valence electrons. The highest BCUT2D eigenvalue weighted by Crippen LogP contribution is 2.19. The topological polar surface area (TPSA) is 40.5 Å². The summed E-state index contributed by atoms with van der Waals surface area (Å²) in [7, 11) is 0. The molecule has 5 heteroatoms. The third kappa shape index (κ3) is 2.41. The summed E-state index contributed by atoms with van der Waals surface area (Å²) in [6.07, 6.45) is -0.482. The number of halogens is 2. The fourth-order valence-electron chi connectivity index (χ4n) is 1.76. The lowest BCUT2D eigenvalue weighted by atomic mass is 10.2. The number of hydrogen-bond donors (Lipinski definition) is 1. The molecular formula is C11H11BrFNO2. The Hall–Kier alpha value is -0.940. The predicted octanol–water partition coefficient (Wildman–Crippen LogP) is 1.68. The number of aliphatic hydroxyl groups is 1. The summed E-state index contributed by atoms with van der Waals surface area (Å²) in [5, 5.41) is 9.30. The van der Waals surface area contributed by atoms with Crippen LogP contribution in [0.15, 0.2) is 22.7 Å². The number of benzene rings is 1. The van der Waals surface area contributed by atoms with Crippen molar-refractivity contribution in [1.29, 1.82) is 0 Å². The molecule has 3 nitrogen and oxygen atoms in total. The summed E-state index contributed by atoms with van der Waals surface area (Å²) in [5.41, 5.74) is 0.464. The molecular weight excluding hydrogens is 277 g/mol. The van der Waals surface area contributed by atoms with Crippen LogP contribution >= 0.6 is 15.9 Å². The SMILES string of the molecule is O=C1CC(O)CN1Cc1ccc(Br)cc1F. The van der Waals surface area contributed by atoms with Gasteiger partial charge >= 0.3 is 0 Å². The number of likely N-dealkylation sites (tertiary alicyclic amines) is 1. The predicted molar refractivity (Wildman–Crippen MR) is 60.1 cm³/mol. The maximum absolute atomic E-state index is 13.5. The number of hydrogen-bond acceptors (Lipinski definition) is 2. The first kappa shape index (κ1) is 11.5. The van der Waals surface area contributed by atoms with Crippen molar-refractivity contribution >= 4 is 21.8 Å². The summed E-state index contributed by atoms with van der Waals surface area (Å²) in [6.45, 7) is 0.503. The summed E-state index contributed by atoms with van der Waals surface area (Å²) in [4.78, 5) is 12.9. The van der Waals surface area contributed by atoms with E-state index in [9.17, 15) is 14.3 Å². The van der Waals surface area contributed by atoms with E-state index in [1.54, 1.807) is 12.1 Å². The van der Waals surface area contributed by atoms with Crippen molar-refractivity contribution < 1.29 is 14.3 Å². The molecule has 1 atom stereocenters. The van der Waals surface area contributed by atoms with E-state index in [1.165, 1.54) is 11.0 Å². The molecule has 0 saturated carbocycles. The van der Waals surface area contributed by atoms with Crippen LogP contribution in [0.25, 0.3) is 0 Å². The summed E-state index contributed by atoms with van der Waals surface area (Å²) in [6, 6.07) is 4.74. The Kier molecular flexibility index (Phi) is 3.25. The zero-order valence-electron chi connectivity index (χ0n) is 8.49. The van der Waals surface area contributed by atoms with Gasteiger partial charge in [0.2, 0.25) is 5.91 Å². The van der Waals surface area contributed by atoms with Gasteiger partial charge in [-0.05, 0) is 12.1 Å². The van der Waals surface area contributed by atoms with Crippen LogP contribution in [0.3, 0.4) is 0 Å². The van der Waals surface area contributed by atoms with Crippen LogP contribution < -0.4 is 0 Å². The van der Waals surface area contributed by atoms with Crippen molar-refractivity contribution in [3.8, 4) is 0 Å². The lowest BCUT2D eigenvalue weighted by Crippen LogP contribution is -2.25. The first-order chi connectivity index (χ1) is 7.56. The van der Waals surface area contributed by atoms with Crippen LogP contribution in [0.4, 0.5) is 4.39 Å². The fraction of sp³-hybridized carbons (Fsp3) is 0.364. The van der Waals surface area contributed by atoms with Crippen molar-refractivity contribution in [2.75, 3.05) is 6.54 Å². The molecule has 0 spiro atoms. The third-order valence-electron chi connectivity index (χ3n) is 2.57. The van der Waals surface area contributed by atoms with Gasteiger partial charge in [0, 0.05) is 23.1 Å². The number of carbonyl (C=O) groups excluding carboxylic acids is 1. The Morgan fingerprint density at radius 3 is 2.88 bits per heavy atom. The number of amides is 1. The first-order valence-corrected chi connectivity index (χ1v) is 5.75. The average Bonchev–Trinajstić information content (AvgIpc) is 2.50. The number of carbonyl (C=O) groups is 1. The van der Waals surface area contributed by atoms with Gasteiger partial charge < -0.3 is 10.0 Å². The van der Waals surface area contributed by atoms with Gasteiger partial charge in [-0.3, -0.25) is 4.79 Å². The van der Waals surface area contributed by atoms with Gasteiger partial charge in [-0.25, -0.2) is 4.39 Å².